The fraction of sp³-hybridized carbons (Fsp3) is 0.818. The van der Waals surface area contributed by atoms with Gasteiger partial charge < -0.3 is 19.4 Å². The SMILES string of the molecule is CCCCC/C=C\C/C=C\C/C=C\CCCCCCCCCCCCC(=O)NC(COP(=O)(O)OCC[N+](C)(C)C)C(/C=C\CCCCCCCCCCCCC)OC(=O)CCCCC/C=C\CCCCCCCCC. The maximum absolute atomic E-state index is 13.6. The molecule has 0 aliphatic heterocycles. The van der Waals surface area contributed by atoms with Crippen LogP contribution in [0.1, 0.15) is 297 Å². The Labute approximate surface area is 471 Å². The Kier molecular flexibility index (Phi) is 54.3. The van der Waals surface area contributed by atoms with Crippen LogP contribution in [0.25, 0.3) is 0 Å². The van der Waals surface area contributed by atoms with Gasteiger partial charge in [0.25, 0.3) is 0 Å². The van der Waals surface area contributed by atoms with Gasteiger partial charge in [0.1, 0.15) is 19.3 Å². The van der Waals surface area contributed by atoms with Crippen LogP contribution in [-0.2, 0) is 27.9 Å². The van der Waals surface area contributed by atoms with Crippen LogP contribution in [0.15, 0.2) is 60.8 Å². The Morgan fingerprint density at radius 3 is 1.25 bits per heavy atom. The Morgan fingerprint density at radius 2 is 0.803 bits per heavy atom. The molecule has 0 rings (SSSR count). The summed E-state index contributed by atoms with van der Waals surface area (Å²) in [5, 5.41) is 3.06. The van der Waals surface area contributed by atoms with E-state index in [1.54, 1.807) is 0 Å². The molecule has 3 unspecified atom stereocenters. The second-order valence-corrected chi connectivity index (χ2v) is 24.4. The molecular weight excluding hydrogens is 964 g/mol. The Morgan fingerprint density at radius 1 is 0.461 bits per heavy atom. The van der Waals surface area contributed by atoms with E-state index in [0.717, 1.165) is 77.0 Å². The number of carbonyl (C=O) groups excluding carboxylic acids is 2. The summed E-state index contributed by atoms with van der Waals surface area (Å²) in [4.78, 5) is 37.7. The summed E-state index contributed by atoms with van der Waals surface area (Å²) in [6, 6.07) is -0.857. The molecule has 0 fully saturated rings. The van der Waals surface area contributed by atoms with Crippen LogP contribution >= 0.6 is 7.82 Å². The molecule has 0 aliphatic rings. The first-order valence-electron chi connectivity index (χ1n) is 32.1. The zero-order valence-corrected chi connectivity index (χ0v) is 51.6. The largest absolute Gasteiger partial charge is 0.472 e. The number of quaternary nitrogens is 1. The second-order valence-electron chi connectivity index (χ2n) is 22.9. The fourth-order valence-electron chi connectivity index (χ4n) is 9.18. The van der Waals surface area contributed by atoms with Crippen molar-refractivity contribution in [3.05, 3.63) is 60.8 Å². The number of ether oxygens (including phenoxy) is 1. The highest BCUT2D eigenvalue weighted by molar-refractivity contribution is 7.47. The maximum Gasteiger partial charge on any atom is 0.472 e. The van der Waals surface area contributed by atoms with Gasteiger partial charge in [0, 0.05) is 12.8 Å². The highest BCUT2D eigenvalue weighted by Crippen LogP contribution is 2.43. The van der Waals surface area contributed by atoms with Crippen molar-refractivity contribution in [1.29, 1.82) is 0 Å². The predicted octanol–water partition coefficient (Wildman–Crippen LogP) is 19.8. The van der Waals surface area contributed by atoms with Crippen molar-refractivity contribution >= 4 is 19.7 Å². The lowest BCUT2D eigenvalue weighted by molar-refractivity contribution is -0.870. The molecule has 0 saturated carbocycles. The summed E-state index contributed by atoms with van der Waals surface area (Å²) in [5.74, 6) is -0.521. The van der Waals surface area contributed by atoms with Crippen LogP contribution in [0.3, 0.4) is 0 Å². The topological polar surface area (TPSA) is 111 Å². The van der Waals surface area contributed by atoms with E-state index in [1.165, 1.54) is 180 Å². The van der Waals surface area contributed by atoms with Crippen molar-refractivity contribution in [1.82, 2.24) is 5.32 Å². The molecule has 2 N–H and O–H groups in total. The van der Waals surface area contributed by atoms with E-state index >= 15 is 0 Å². The van der Waals surface area contributed by atoms with E-state index in [1.807, 2.05) is 33.3 Å². The first-order valence-corrected chi connectivity index (χ1v) is 33.6. The van der Waals surface area contributed by atoms with Crippen molar-refractivity contribution in [3.63, 3.8) is 0 Å². The fourth-order valence-corrected chi connectivity index (χ4v) is 9.91. The van der Waals surface area contributed by atoms with Gasteiger partial charge in [-0.25, -0.2) is 4.57 Å². The molecule has 0 spiro atoms. The monoisotopic (exact) mass is 1090 g/mol. The molecule has 9 nitrogen and oxygen atoms in total. The van der Waals surface area contributed by atoms with E-state index in [0.29, 0.717) is 23.9 Å². The van der Waals surface area contributed by atoms with Crippen LogP contribution < -0.4 is 5.32 Å². The number of phosphoric acid groups is 1. The minimum atomic E-state index is -4.45. The van der Waals surface area contributed by atoms with Gasteiger partial charge in [-0.15, -0.1) is 0 Å². The van der Waals surface area contributed by atoms with Crippen LogP contribution in [0.5, 0.6) is 0 Å². The summed E-state index contributed by atoms with van der Waals surface area (Å²) in [7, 11) is 1.49. The maximum atomic E-state index is 13.6. The quantitative estimate of drug-likeness (QED) is 0.0205. The Balaban J connectivity index is 5.21. The van der Waals surface area contributed by atoms with Crippen molar-refractivity contribution in [2.45, 2.75) is 309 Å². The van der Waals surface area contributed by atoms with Crippen LogP contribution in [0.2, 0.25) is 0 Å². The van der Waals surface area contributed by atoms with Crippen LogP contribution in [0.4, 0.5) is 0 Å². The van der Waals surface area contributed by atoms with Gasteiger partial charge in [0.15, 0.2) is 0 Å². The third-order valence-electron chi connectivity index (χ3n) is 14.2. The summed E-state index contributed by atoms with van der Waals surface area (Å²) in [5.41, 5.74) is 0. The third-order valence-corrected chi connectivity index (χ3v) is 15.2. The number of hydrogen-bond acceptors (Lipinski definition) is 6. The first-order chi connectivity index (χ1) is 36.9. The van der Waals surface area contributed by atoms with Gasteiger partial charge >= 0.3 is 13.8 Å². The molecule has 1 amide bonds. The lowest BCUT2D eigenvalue weighted by Crippen LogP contribution is -2.47. The van der Waals surface area contributed by atoms with Crippen LogP contribution in [-0.4, -0.2) is 74.3 Å². The van der Waals surface area contributed by atoms with E-state index in [9.17, 15) is 19.0 Å². The van der Waals surface area contributed by atoms with E-state index < -0.39 is 20.0 Å². The van der Waals surface area contributed by atoms with Crippen molar-refractivity contribution in [2.75, 3.05) is 40.9 Å². The highest BCUT2D eigenvalue weighted by Gasteiger charge is 2.30. The van der Waals surface area contributed by atoms with Gasteiger partial charge in [-0.2, -0.15) is 0 Å². The molecule has 3 atom stereocenters. The number of carbonyl (C=O) groups is 2. The minimum absolute atomic E-state index is 0.0366. The molecule has 444 valence electrons. The standard InChI is InChI=1S/C66H123N2O7P/c1-7-10-13-16-19-22-25-28-30-31-32-33-34-35-36-37-38-40-43-46-49-52-55-58-65(69)67-63(62-74-76(71,72)73-61-60-68(4,5)6)64(57-54-51-48-45-42-39-27-24-21-18-15-12-9-3)75-66(70)59-56-53-50-47-44-41-29-26-23-20-17-14-11-8-2/h19,22,28,30,32-33,41,44,54,57,63-64H,7-18,20-21,23-27,29,31,34-40,42-43,45-53,55-56,58-62H2,1-6H3,(H-,67,69,71,72)/p+1/b22-19-,30-28-,33-32-,44-41-,57-54-. The molecule has 10 heteroatoms. The number of allylic oxidation sites excluding steroid dienone is 9. The second kappa shape index (κ2) is 56.0. The zero-order valence-electron chi connectivity index (χ0n) is 50.7. The summed E-state index contributed by atoms with van der Waals surface area (Å²) < 4.78 is 30.7. The molecule has 0 heterocycles. The predicted molar refractivity (Wildman–Crippen MR) is 328 cm³/mol. The molecule has 0 bridgehead atoms. The number of nitrogens with zero attached hydrogens (tertiary/aromatic N) is 1. The lowest BCUT2D eigenvalue weighted by Gasteiger charge is -2.27. The molecule has 0 aromatic carbocycles. The highest BCUT2D eigenvalue weighted by atomic mass is 31.2. The number of hydrogen-bond donors (Lipinski definition) is 2. The van der Waals surface area contributed by atoms with Gasteiger partial charge in [-0.05, 0) is 96.0 Å². The number of unbranched alkanes of at least 4 members (excludes halogenated alkanes) is 34. The Hall–Kier alpha value is -2.29. The number of amides is 1. The molecule has 76 heavy (non-hydrogen) atoms. The first kappa shape index (κ1) is 73.7. The zero-order chi connectivity index (χ0) is 55.7. The smallest absolute Gasteiger partial charge is 0.456 e. The average molecular weight is 1090 g/mol. The molecular formula is C66H124N2O7P+. The Bertz CT molecular complexity index is 1490. The van der Waals surface area contributed by atoms with Crippen molar-refractivity contribution in [2.24, 2.45) is 0 Å². The minimum Gasteiger partial charge on any atom is -0.456 e. The van der Waals surface area contributed by atoms with Crippen molar-refractivity contribution < 1.29 is 37.3 Å². The van der Waals surface area contributed by atoms with E-state index in [2.05, 4.69) is 74.7 Å². The normalized spacial score (nSPS) is 14.0. The van der Waals surface area contributed by atoms with Gasteiger partial charge in [0.05, 0.1) is 33.8 Å². The number of phosphoric ester groups is 1. The summed E-state index contributed by atoms with van der Waals surface area (Å²) >= 11 is 0. The number of rotatable bonds is 58. The van der Waals surface area contributed by atoms with Gasteiger partial charge in [-0.3, -0.25) is 18.6 Å². The number of esters is 1. The van der Waals surface area contributed by atoms with E-state index in [-0.39, 0.29) is 31.5 Å². The van der Waals surface area contributed by atoms with Gasteiger partial charge in [0.2, 0.25) is 5.91 Å². The van der Waals surface area contributed by atoms with Crippen molar-refractivity contribution in [3.8, 4) is 0 Å². The third kappa shape index (κ3) is 56.4. The van der Waals surface area contributed by atoms with Crippen LogP contribution in [0, 0.1) is 0 Å². The lowest BCUT2D eigenvalue weighted by atomic mass is 10.0. The number of nitrogens with one attached hydrogen (secondary N) is 1. The molecule has 0 radical (unpaired) electrons. The van der Waals surface area contributed by atoms with Gasteiger partial charge in [-0.1, -0.05) is 249 Å². The van der Waals surface area contributed by atoms with E-state index in [4.69, 9.17) is 13.8 Å². The summed E-state index contributed by atoms with van der Waals surface area (Å²) in [6.07, 6.45) is 70.7. The molecule has 0 aliphatic carbocycles. The molecule has 0 aromatic rings. The molecule has 0 aromatic heterocycles. The summed E-state index contributed by atoms with van der Waals surface area (Å²) in [6.45, 7) is 6.99. The number of likely N-dealkylation sites (N-methyl/N-ethyl adjacent to an activating group) is 1. The average Bonchev–Trinajstić information content (AvgIpc) is 3.38. The molecule has 0 saturated heterocycles.